The van der Waals surface area contributed by atoms with Gasteiger partial charge in [0.15, 0.2) is 5.16 Å². The maximum atomic E-state index is 4.71. The van der Waals surface area contributed by atoms with Crippen molar-refractivity contribution in [1.29, 1.82) is 0 Å². The van der Waals surface area contributed by atoms with E-state index in [1.165, 1.54) is 6.42 Å². The first kappa shape index (κ1) is 14.3. The predicted octanol–water partition coefficient (Wildman–Crippen LogP) is 4.12. The quantitative estimate of drug-likeness (QED) is 0.587. The van der Waals surface area contributed by atoms with E-state index in [0.29, 0.717) is 0 Å². The van der Waals surface area contributed by atoms with Gasteiger partial charge >= 0.3 is 0 Å². The molecule has 19 heavy (non-hydrogen) atoms. The van der Waals surface area contributed by atoms with Crippen LogP contribution in [0.5, 0.6) is 0 Å². The largest absolute Gasteiger partial charge is 0.262 e. The Kier molecular flexibility index (Phi) is 5.14. The number of rotatable bonds is 6. The Labute approximate surface area is 119 Å². The molecule has 2 heterocycles. The van der Waals surface area contributed by atoms with Crippen LogP contribution >= 0.6 is 11.8 Å². The zero-order chi connectivity index (χ0) is 13.7. The highest BCUT2D eigenvalue weighted by molar-refractivity contribution is 7.99. The molecule has 0 saturated carbocycles. The fourth-order valence-corrected chi connectivity index (χ4v) is 3.01. The number of hydrogen-bond acceptors (Lipinski definition) is 4. The fraction of sp³-hybridized carbons (Fsp3) is 0.533. The van der Waals surface area contributed by atoms with Crippen molar-refractivity contribution < 1.29 is 0 Å². The van der Waals surface area contributed by atoms with Crippen LogP contribution in [0.4, 0.5) is 0 Å². The first-order valence-electron chi connectivity index (χ1n) is 6.94. The van der Waals surface area contributed by atoms with E-state index in [-0.39, 0.29) is 0 Å². The zero-order valence-electron chi connectivity index (χ0n) is 11.9. The molecule has 0 saturated heterocycles. The van der Waals surface area contributed by atoms with Crippen LogP contribution in [0.3, 0.4) is 0 Å². The minimum atomic E-state index is 0.727. The molecular formula is C15H21N3S. The number of aryl methyl sites for hydroxylation is 1. The highest BCUT2D eigenvalue weighted by Crippen LogP contribution is 2.22. The molecule has 0 N–H and O–H groups in total. The lowest BCUT2D eigenvalue weighted by atomic mass is 10.1. The summed E-state index contributed by atoms with van der Waals surface area (Å²) in [5.41, 5.74) is 2.12. The van der Waals surface area contributed by atoms with Gasteiger partial charge in [-0.25, -0.2) is 9.97 Å². The molecule has 3 nitrogen and oxygen atoms in total. The lowest BCUT2D eigenvalue weighted by Crippen LogP contribution is -1.99. The molecule has 102 valence electrons. The number of nitrogens with zero attached hydrogens (tertiary/aromatic N) is 3. The topological polar surface area (TPSA) is 38.7 Å². The lowest BCUT2D eigenvalue weighted by molar-refractivity contribution is 0.631. The van der Waals surface area contributed by atoms with Crippen molar-refractivity contribution in [3.63, 3.8) is 0 Å². The molecule has 0 spiro atoms. The van der Waals surface area contributed by atoms with Gasteiger partial charge in [0, 0.05) is 17.3 Å². The summed E-state index contributed by atoms with van der Waals surface area (Å²) in [6.07, 6.45) is 6.95. The molecule has 0 unspecified atom stereocenters. The van der Waals surface area contributed by atoms with E-state index in [1.54, 1.807) is 11.8 Å². The van der Waals surface area contributed by atoms with E-state index >= 15 is 0 Å². The molecular weight excluding hydrogens is 254 g/mol. The van der Waals surface area contributed by atoms with Gasteiger partial charge in [-0.2, -0.15) is 0 Å². The Bertz CT molecular complexity index is 540. The summed E-state index contributed by atoms with van der Waals surface area (Å²) < 4.78 is 0. The van der Waals surface area contributed by atoms with E-state index in [4.69, 9.17) is 4.98 Å². The summed E-state index contributed by atoms with van der Waals surface area (Å²) >= 11 is 1.75. The van der Waals surface area contributed by atoms with E-state index in [1.807, 2.05) is 18.5 Å². The van der Waals surface area contributed by atoms with Crippen molar-refractivity contribution in [2.75, 3.05) is 5.75 Å². The first-order valence-corrected chi connectivity index (χ1v) is 7.92. The molecule has 0 amide bonds. The second kappa shape index (κ2) is 6.85. The lowest BCUT2D eigenvalue weighted by Gasteiger charge is -2.08. The third-order valence-corrected chi connectivity index (χ3v) is 3.85. The third kappa shape index (κ3) is 3.90. The second-order valence-electron chi connectivity index (χ2n) is 5.13. The van der Waals surface area contributed by atoms with Crippen LogP contribution < -0.4 is 0 Å². The Morgan fingerprint density at radius 2 is 2.11 bits per heavy atom. The molecule has 0 fully saturated rings. The number of pyridine rings is 1. The van der Waals surface area contributed by atoms with Crippen molar-refractivity contribution in [2.24, 2.45) is 5.92 Å². The molecule has 0 aliphatic heterocycles. The number of thioether (sulfide) groups is 1. The first-order chi connectivity index (χ1) is 9.20. The molecule has 2 aromatic rings. The van der Waals surface area contributed by atoms with E-state index in [9.17, 15) is 0 Å². The molecule has 2 rings (SSSR count). The smallest absolute Gasteiger partial charge is 0.188 e. The molecule has 2 aromatic heterocycles. The second-order valence-corrected chi connectivity index (χ2v) is 6.19. The van der Waals surface area contributed by atoms with Crippen LogP contribution in [0.15, 0.2) is 23.6 Å². The monoisotopic (exact) mass is 275 g/mol. The summed E-state index contributed by atoms with van der Waals surface area (Å²) in [7, 11) is 0. The Hall–Kier alpha value is -1.16. The van der Waals surface area contributed by atoms with Crippen molar-refractivity contribution in [2.45, 2.75) is 45.2 Å². The minimum absolute atomic E-state index is 0.727. The van der Waals surface area contributed by atoms with E-state index in [0.717, 1.165) is 46.3 Å². The van der Waals surface area contributed by atoms with Gasteiger partial charge in [0.2, 0.25) is 0 Å². The van der Waals surface area contributed by atoms with Gasteiger partial charge in [-0.1, -0.05) is 39.0 Å². The van der Waals surface area contributed by atoms with Gasteiger partial charge in [0.05, 0.1) is 17.4 Å². The zero-order valence-corrected chi connectivity index (χ0v) is 12.7. The predicted molar refractivity (Wildman–Crippen MR) is 81.5 cm³/mol. The Morgan fingerprint density at radius 3 is 2.84 bits per heavy atom. The van der Waals surface area contributed by atoms with Crippen LogP contribution in [0.2, 0.25) is 0 Å². The van der Waals surface area contributed by atoms with Crippen molar-refractivity contribution in [1.82, 2.24) is 15.0 Å². The summed E-state index contributed by atoms with van der Waals surface area (Å²) in [5.74, 6) is 1.80. The molecule has 0 aromatic carbocycles. The summed E-state index contributed by atoms with van der Waals surface area (Å²) in [6, 6.07) is 2.02. The van der Waals surface area contributed by atoms with Crippen molar-refractivity contribution >= 4 is 22.7 Å². The number of hydrogen-bond donors (Lipinski definition) is 0. The number of aromatic nitrogens is 3. The van der Waals surface area contributed by atoms with Crippen LogP contribution in [0, 0.1) is 5.92 Å². The summed E-state index contributed by atoms with van der Waals surface area (Å²) in [6.45, 7) is 6.67. The molecule has 0 aliphatic rings. The SMILES string of the molecule is CCCc1nc(SCCC(C)C)nc2cnccc12. The van der Waals surface area contributed by atoms with Gasteiger partial charge in [-0.05, 0) is 24.8 Å². The highest BCUT2D eigenvalue weighted by Gasteiger charge is 2.08. The number of fused-ring (bicyclic) bond motifs is 1. The Balaban J connectivity index is 2.24. The molecule has 0 bridgehead atoms. The standard InChI is InChI=1S/C15H21N3S/c1-4-5-13-12-6-8-16-10-14(12)18-15(17-13)19-9-7-11(2)3/h6,8,10-11H,4-5,7,9H2,1-3H3. The summed E-state index contributed by atoms with van der Waals surface area (Å²) in [5, 5.41) is 2.04. The molecule has 0 atom stereocenters. The van der Waals surface area contributed by atoms with E-state index in [2.05, 4.69) is 30.7 Å². The normalized spacial score (nSPS) is 11.4. The average molecular weight is 275 g/mol. The van der Waals surface area contributed by atoms with E-state index < -0.39 is 0 Å². The highest BCUT2D eigenvalue weighted by atomic mass is 32.2. The third-order valence-electron chi connectivity index (χ3n) is 2.97. The average Bonchev–Trinajstić information content (AvgIpc) is 2.39. The van der Waals surface area contributed by atoms with Crippen LogP contribution in [-0.4, -0.2) is 20.7 Å². The van der Waals surface area contributed by atoms with Crippen LogP contribution in [0.25, 0.3) is 10.9 Å². The fourth-order valence-electron chi connectivity index (χ4n) is 1.90. The molecule has 0 radical (unpaired) electrons. The van der Waals surface area contributed by atoms with Gasteiger partial charge in [0.1, 0.15) is 0 Å². The van der Waals surface area contributed by atoms with Gasteiger partial charge in [-0.15, -0.1) is 0 Å². The molecule has 4 heteroatoms. The summed E-state index contributed by atoms with van der Waals surface area (Å²) in [4.78, 5) is 13.5. The van der Waals surface area contributed by atoms with Crippen molar-refractivity contribution in [3.8, 4) is 0 Å². The maximum absolute atomic E-state index is 4.71. The van der Waals surface area contributed by atoms with Crippen LogP contribution in [0.1, 0.15) is 39.3 Å². The van der Waals surface area contributed by atoms with Gasteiger partial charge in [-0.3, -0.25) is 4.98 Å². The van der Waals surface area contributed by atoms with Crippen molar-refractivity contribution in [3.05, 3.63) is 24.2 Å². The maximum Gasteiger partial charge on any atom is 0.188 e. The minimum Gasteiger partial charge on any atom is -0.262 e. The molecule has 0 aliphatic carbocycles. The Morgan fingerprint density at radius 1 is 1.26 bits per heavy atom. The van der Waals surface area contributed by atoms with Gasteiger partial charge in [0.25, 0.3) is 0 Å². The van der Waals surface area contributed by atoms with Gasteiger partial charge < -0.3 is 0 Å². The van der Waals surface area contributed by atoms with Crippen LogP contribution in [-0.2, 0) is 6.42 Å².